The molecule has 1 aromatic heterocycles. The molecule has 1 atom stereocenters. The topological polar surface area (TPSA) is 67.6 Å². The number of hydrogen-bond donors (Lipinski definition) is 1. The second kappa shape index (κ2) is 11.0. The van der Waals surface area contributed by atoms with Crippen molar-refractivity contribution < 1.29 is 13.9 Å². The molecule has 0 bridgehead atoms. The lowest BCUT2D eigenvalue weighted by molar-refractivity contribution is 0.0932. The highest BCUT2D eigenvalue weighted by Crippen LogP contribution is 2.18. The second-order valence-electron chi connectivity index (χ2n) is 7.43. The van der Waals surface area contributed by atoms with E-state index in [1.807, 2.05) is 0 Å². The van der Waals surface area contributed by atoms with Crippen LogP contribution in [0.25, 0.3) is 0 Å². The fourth-order valence-corrected chi connectivity index (χ4v) is 2.89. The number of nitrogens with one attached hydrogen (secondary N) is 1. The Labute approximate surface area is 168 Å². The van der Waals surface area contributed by atoms with E-state index in [0.29, 0.717) is 43.2 Å². The van der Waals surface area contributed by atoms with Gasteiger partial charge in [-0.05, 0) is 30.4 Å². The molecule has 2 aromatic rings. The van der Waals surface area contributed by atoms with Crippen molar-refractivity contribution in [2.75, 3.05) is 20.3 Å². The Morgan fingerprint density at radius 1 is 1.21 bits per heavy atom. The van der Waals surface area contributed by atoms with Gasteiger partial charge in [0.05, 0.1) is 13.2 Å². The highest BCUT2D eigenvalue weighted by molar-refractivity contribution is 5.91. The minimum absolute atomic E-state index is 0.244. The summed E-state index contributed by atoms with van der Waals surface area (Å²) in [4.78, 5) is 18.8. The molecule has 0 saturated heterocycles. The maximum atomic E-state index is 12.1. The summed E-state index contributed by atoms with van der Waals surface area (Å²) in [7, 11) is 1.60. The van der Waals surface area contributed by atoms with E-state index in [9.17, 15) is 4.79 Å². The van der Waals surface area contributed by atoms with Gasteiger partial charge in [0.15, 0.2) is 5.69 Å². The Kier molecular flexibility index (Phi) is 8.67. The van der Waals surface area contributed by atoms with E-state index in [2.05, 4.69) is 67.2 Å². The number of amides is 1. The van der Waals surface area contributed by atoms with Crippen LogP contribution in [0.3, 0.4) is 0 Å². The summed E-state index contributed by atoms with van der Waals surface area (Å²) in [5, 5.41) is 2.75. The number of carbonyl (C=O) groups excluding carboxylic acids is 1. The van der Waals surface area contributed by atoms with Crippen LogP contribution in [0.1, 0.15) is 67.5 Å². The molecule has 6 nitrogen and oxygen atoms in total. The van der Waals surface area contributed by atoms with Crippen LogP contribution in [0.15, 0.2) is 34.9 Å². The van der Waals surface area contributed by atoms with Crippen molar-refractivity contribution in [3.05, 3.63) is 53.2 Å². The summed E-state index contributed by atoms with van der Waals surface area (Å²) in [5.74, 6) is 0.836. The molecule has 0 aliphatic carbocycles. The van der Waals surface area contributed by atoms with Crippen LogP contribution in [0, 0.1) is 0 Å². The molecule has 0 aliphatic rings. The average Bonchev–Trinajstić information content (AvgIpc) is 3.16. The van der Waals surface area contributed by atoms with Gasteiger partial charge in [0.2, 0.25) is 5.89 Å². The number of oxazole rings is 1. The minimum atomic E-state index is -0.244. The first kappa shape index (κ1) is 22.1. The largest absolute Gasteiger partial charge is 0.447 e. The SMILES string of the molecule is CCC(C)N(Cc1ccc(C(C)C)cc1)Cc1nc(C(=O)NCCOC)co1. The Bertz CT molecular complexity index is 725. The summed E-state index contributed by atoms with van der Waals surface area (Å²) in [6.45, 7) is 11.1. The molecule has 0 saturated carbocycles. The molecule has 1 amide bonds. The summed E-state index contributed by atoms with van der Waals surface area (Å²) >= 11 is 0. The van der Waals surface area contributed by atoms with Crippen molar-refractivity contribution in [3.63, 3.8) is 0 Å². The van der Waals surface area contributed by atoms with Crippen LogP contribution in [0.2, 0.25) is 0 Å². The summed E-state index contributed by atoms with van der Waals surface area (Å²) in [6.07, 6.45) is 2.44. The fraction of sp³-hybridized carbons (Fsp3) is 0.545. The minimum Gasteiger partial charge on any atom is -0.447 e. The summed E-state index contributed by atoms with van der Waals surface area (Å²) in [5.41, 5.74) is 2.90. The molecule has 0 aliphatic heterocycles. The molecule has 154 valence electrons. The number of nitrogens with zero attached hydrogens (tertiary/aromatic N) is 2. The highest BCUT2D eigenvalue weighted by atomic mass is 16.5. The molecule has 1 heterocycles. The molecule has 1 unspecified atom stereocenters. The lowest BCUT2D eigenvalue weighted by Gasteiger charge is -2.27. The summed E-state index contributed by atoms with van der Waals surface area (Å²) < 4.78 is 10.5. The van der Waals surface area contributed by atoms with Crippen molar-refractivity contribution in [1.82, 2.24) is 15.2 Å². The smallest absolute Gasteiger partial charge is 0.273 e. The molecule has 28 heavy (non-hydrogen) atoms. The number of hydrogen-bond acceptors (Lipinski definition) is 5. The number of methoxy groups -OCH3 is 1. The number of carbonyl (C=O) groups is 1. The van der Waals surface area contributed by atoms with Crippen molar-refractivity contribution in [3.8, 4) is 0 Å². The molecule has 0 radical (unpaired) electrons. The van der Waals surface area contributed by atoms with Gasteiger partial charge in [0.25, 0.3) is 5.91 Å². The van der Waals surface area contributed by atoms with Crippen LogP contribution in [0.5, 0.6) is 0 Å². The maximum Gasteiger partial charge on any atom is 0.273 e. The molecule has 0 fully saturated rings. The Balaban J connectivity index is 2.03. The lowest BCUT2D eigenvalue weighted by atomic mass is 10.0. The van der Waals surface area contributed by atoms with Crippen LogP contribution < -0.4 is 5.32 Å². The Morgan fingerprint density at radius 3 is 2.54 bits per heavy atom. The maximum absolute atomic E-state index is 12.1. The van der Waals surface area contributed by atoms with Gasteiger partial charge in [0.1, 0.15) is 6.26 Å². The van der Waals surface area contributed by atoms with Gasteiger partial charge in [-0.1, -0.05) is 45.0 Å². The zero-order valence-electron chi connectivity index (χ0n) is 17.7. The molecular formula is C22H33N3O3. The van der Waals surface area contributed by atoms with E-state index in [1.54, 1.807) is 7.11 Å². The van der Waals surface area contributed by atoms with Gasteiger partial charge < -0.3 is 14.5 Å². The van der Waals surface area contributed by atoms with E-state index in [4.69, 9.17) is 9.15 Å². The summed E-state index contributed by atoms with van der Waals surface area (Å²) in [6, 6.07) is 9.14. The van der Waals surface area contributed by atoms with Gasteiger partial charge in [-0.25, -0.2) is 4.98 Å². The van der Waals surface area contributed by atoms with E-state index in [1.165, 1.54) is 17.4 Å². The zero-order valence-corrected chi connectivity index (χ0v) is 17.7. The zero-order chi connectivity index (χ0) is 20.5. The van der Waals surface area contributed by atoms with Gasteiger partial charge in [0, 0.05) is 26.2 Å². The third-order valence-electron chi connectivity index (χ3n) is 4.96. The van der Waals surface area contributed by atoms with Crippen molar-refractivity contribution in [2.24, 2.45) is 0 Å². The first-order valence-corrected chi connectivity index (χ1v) is 9.99. The first-order chi connectivity index (χ1) is 13.4. The van der Waals surface area contributed by atoms with Gasteiger partial charge in [-0.2, -0.15) is 0 Å². The van der Waals surface area contributed by atoms with Gasteiger partial charge >= 0.3 is 0 Å². The Hall–Kier alpha value is -2.18. The van der Waals surface area contributed by atoms with Crippen LogP contribution >= 0.6 is 0 Å². The molecule has 0 spiro atoms. The predicted molar refractivity (Wildman–Crippen MR) is 110 cm³/mol. The molecular weight excluding hydrogens is 354 g/mol. The van der Waals surface area contributed by atoms with E-state index in [0.717, 1.165) is 13.0 Å². The van der Waals surface area contributed by atoms with Crippen LogP contribution in [-0.4, -0.2) is 42.1 Å². The van der Waals surface area contributed by atoms with Crippen molar-refractivity contribution in [1.29, 1.82) is 0 Å². The Morgan fingerprint density at radius 2 is 1.93 bits per heavy atom. The lowest BCUT2D eigenvalue weighted by Crippen LogP contribution is -2.32. The predicted octanol–water partition coefficient (Wildman–Crippen LogP) is 3.97. The molecule has 6 heteroatoms. The molecule has 1 N–H and O–H groups in total. The van der Waals surface area contributed by atoms with Crippen molar-refractivity contribution >= 4 is 5.91 Å². The van der Waals surface area contributed by atoms with Crippen LogP contribution in [-0.2, 0) is 17.8 Å². The molecule has 1 aromatic carbocycles. The van der Waals surface area contributed by atoms with E-state index < -0.39 is 0 Å². The van der Waals surface area contributed by atoms with Crippen molar-refractivity contribution in [2.45, 2.75) is 59.2 Å². The number of rotatable bonds is 11. The third kappa shape index (κ3) is 6.46. The number of aromatic nitrogens is 1. The monoisotopic (exact) mass is 387 g/mol. The number of benzene rings is 1. The van der Waals surface area contributed by atoms with Gasteiger partial charge in [-0.3, -0.25) is 9.69 Å². The third-order valence-corrected chi connectivity index (χ3v) is 4.96. The second-order valence-corrected chi connectivity index (χ2v) is 7.43. The standard InChI is InChI=1S/C22H33N3O3/c1-6-17(4)25(13-18-7-9-19(10-8-18)16(2)3)14-21-24-20(15-28-21)22(26)23-11-12-27-5/h7-10,15-17H,6,11-14H2,1-5H3,(H,23,26). The van der Waals surface area contributed by atoms with E-state index >= 15 is 0 Å². The average molecular weight is 388 g/mol. The highest BCUT2D eigenvalue weighted by Gasteiger charge is 2.18. The van der Waals surface area contributed by atoms with Gasteiger partial charge in [-0.15, -0.1) is 0 Å². The first-order valence-electron chi connectivity index (χ1n) is 9.99. The number of ether oxygens (including phenoxy) is 1. The normalized spacial score (nSPS) is 12.5. The quantitative estimate of drug-likeness (QED) is 0.591. The van der Waals surface area contributed by atoms with E-state index in [-0.39, 0.29) is 5.91 Å². The van der Waals surface area contributed by atoms with Crippen LogP contribution in [0.4, 0.5) is 0 Å². The molecule has 2 rings (SSSR count). The fourth-order valence-electron chi connectivity index (χ4n) is 2.89.